The van der Waals surface area contributed by atoms with Gasteiger partial charge in [0.25, 0.3) is 0 Å². The summed E-state index contributed by atoms with van der Waals surface area (Å²) in [7, 11) is 0. The van der Waals surface area contributed by atoms with E-state index in [2.05, 4.69) is 23.2 Å². The van der Waals surface area contributed by atoms with Gasteiger partial charge in [0.1, 0.15) is 5.82 Å². The largest absolute Gasteiger partial charge is 0.327 e. The van der Waals surface area contributed by atoms with Crippen LogP contribution in [0.4, 0.5) is 0 Å². The van der Waals surface area contributed by atoms with Crippen LogP contribution in [0.3, 0.4) is 0 Å². The highest BCUT2D eigenvalue weighted by atomic mass is 32.2. The minimum atomic E-state index is 0.329. The van der Waals surface area contributed by atoms with Crippen LogP contribution in [-0.2, 0) is 6.42 Å². The Balaban J connectivity index is 1.97. The molecular formula is C11H19N3S2. The van der Waals surface area contributed by atoms with Gasteiger partial charge in [-0.2, -0.15) is 4.37 Å². The Morgan fingerprint density at radius 3 is 3.00 bits per heavy atom. The van der Waals surface area contributed by atoms with E-state index in [0.29, 0.717) is 11.3 Å². The van der Waals surface area contributed by atoms with Gasteiger partial charge in [0.15, 0.2) is 4.34 Å². The quantitative estimate of drug-likeness (QED) is 0.904. The molecular weight excluding hydrogens is 238 g/mol. The van der Waals surface area contributed by atoms with Gasteiger partial charge in [-0.1, -0.05) is 25.6 Å². The molecule has 16 heavy (non-hydrogen) atoms. The van der Waals surface area contributed by atoms with Crippen LogP contribution >= 0.6 is 23.3 Å². The molecule has 0 spiro atoms. The van der Waals surface area contributed by atoms with Gasteiger partial charge in [-0.05, 0) is 36.7 Å². The first-order valence-electron chi connectivity index (χ1n) is 5.94. The van der Waals surface area contributed by atoms with Gasteiger partial charge in [0, 0.05) is 17.7 Å². The topological polar surface area (TPSA) is 51.8 Å². The van der Waals surface area contributed by atoms with Gasteiger partial charge < -0.3 is 5.73 Å². The van der Waals surface area contributed by atoms with Crippen molar-refractivity contribution in [1.82, 2.24) is 9.36 Å². The number of aromatic nitrogens is 2. The maximum atomic E-state index is 6.16. The van der Waals surface area contributed by atoms with Crippen LogP contribution in [0.15, 0.2) is 4.34 Å². The maximum absolute atomic E-state index is 6.16. The Morgan fingerprint density at radius 2 is 2.31 bits per heavy atom. The molecule has 90 valence electrons. The zero-order valence-corrected chi connectivity index (χ0v) is 11.5. The first-order chi connectivity index (χ1) is 7.69. The molecule has 0 aliphatic heterocycles. The Labute approximate surface area is 105 Å². The van der Waals surface area contributed by atoms with E-state index in [1.165, 1.54) is 24.4 Å². The highest BCUT2D eigenvalue weighted by Crippen LogP contribution is 2.36. The number of hydrogen-bond acceptors (Lipinski definition) is 5. The molecule has 2 rings (SSSR count). The summed E-state index contributed by atoms with van der Waals surface area (Å²) in [5.41, 5.74) is 6.16. The molecule has 1 aliphatic rings. The first-order valence-corrected chi connectivity index (χ1v) is 7.59. The molecule has 1 aromatic heterocycles. The highest BCUT2D eigenvalue weighted by molar-refractivity contribution is 8.01. The zero-order chi connectivity index (χ0) is 11.5. The summed E-state index contributed by atoms with van der Waals surface area (Å²) in [6.45, 7) is 4.40. The fourth-order valence-corrected chi connectivity index (χ4v) is 4.35. The van der Waals surface area contributed by atoms with Crippen molar-refractivity contribution in [3.8, 4) is 0 Å². The lowest BCUT2D eigenvalue weighted by Gasteiger charge is -2.31. The summed E-state index contributed by atoms with van der Waals surface area (Å²) in [4.78, 5) is 4.50. The molecule has 1 saturated carbocycles. The fraction of sp³-hybridized carbons (Fsp3) is 0.818. The molecule has 1 heterocycles. The number of thioether (sulfide) groups is 1. The minimum absolute atomic E-state index is 0.329. The molecule has 0 radical (unpaired) electrons. The molecule has 1 aromatic rings. The van der Waals surface area contributed by atoms with E-state index in [1.807, 2.05) is 11.8 Å². The highest BCUT2D eigenvalue weighted by Gasteiger charge is 2.27. The number of aryl methyl sites for hydroxylation is 1. The van der Waals surface area contributed by atoms with E-state index >= 15 is 0 Å². The SMILES string of the molecule is CCc1nsc(SC2CC(C)CCC2N)n1. The first kappa shape index (κ1) is 12.3. The third kappa shape index (κ3) is 2.96. The lowest BCUT2D eigenvalue weighted by atomic mass is 9.87. The van der Waals surface area contributed by atoms with E-state index in [-0.39, 0.29) is 0 Å². The van der Waals surface area contributed by atoms with E-state index in [1.54, 1.807) is 0 Å². The van der Waals surface area contributed by atoms with Crippen molar-refractivity contribution in [2.45, 2.75) is 55.2 Å². The minimum Gasteiger partial charge on any atom is -0.327 e. The van der Waals surface area contributed by atoms with Crippen LogP contribution in [0.1, 0.15) is 38.9 Å². The van der Waals surface area contributed by atoms with E-state index in [9.17, 15) is 0 Å². The van der Waals surface area contributed by atoms with Crippen molar-refractivity contribution in [2.75, 3.05) is 0 Å². The van der Waals surface area contributed by atoms with Crippen LogP contribution in [0.25, 0.3) is 0 Å². The second-order valence-corrected chi connectivity index (χ2v) is 6.81. The molecule has 3 nitrogen and oxygen atoms in total. The number of rotatable bonds is 3. The molecule has 3 unspecified atom stereocenters. The molecule has 3 atom stereocenters. The summed E-state index contributed by atoms with van der Waals surface area (Å²) < 4.78 is 5.40. The Morgan fingerprint density at radius 1 is 1.50 bits per heavy atom. The lowest BCUT2D eigenvalue weighted by Crippen LogP contribution is -2.37. The predicted molar refractivity (Wildman–Crippen MR) is 69.9 cm³/mol. The third-order valence-corrected chi connectivity index (χ3v) is 5.32. The average Bonchev–Trinajstić information content (AvgIpc) is 2.71. The van der Waals surface area contributed by atoms with Gasteiger partial charge in [-0.25, -0.2) is 4.98 Å². The summed E-state index contributed by atoms with van der Waals surface area (Å²) >= 11 is 3.35. The summed E-state index contributed by atoms with van der Waals surface area (Å²) in [5, 5.41) is 0.529. The molecule has 1 aliphatic carbocycles. The van der Waals surface area contributed by atoms with E-state index < -0.39 is 0 Å². The lowest BCUT2D eigenvalue weighted by molar-refractivity contribution is 0.357. The molecule has 1 fully saturated rings. The molecule has 0 saturated heterocycles. The number of nitrogens with zero attached hydrogens (tertiary/aromatic N) is 2. The molecule has 2 N–H and O–H groups in total. The van der Waals surface area contributed by atoms with Crippen molar-refractivity contribution in [3.63, 3.8) is 0 Å². The predicted octanol–water partition coefficient (Wildman–Crippen LogP) is 2.71. The van der Waals surface area contributed by atoms with Crippen molar-refractivity contribution in [1.29, 1.82) is 0 Å². The van der Waals surface area contributed by atoms with Crippen molar-refractivity contribution < 1.29 is 0 Å². The standard InChI is InChI=1S/C11H19N3S2/c1-3-10-13-11(16-14-10)15-9-6-7(2)4-5-8(9)12/h7-9H,3-6,12H2,1-2H3. The van der Waals surface area contributed by atoms with Gasteiger partial charge >= 0.3 is 0 Å². The molecule has 0 aromatic carbocycles. The fourth-order valence-electron chi connectivity index (χ4n) is 2.05. The maximum Gasteiger partial charge on any atom is 0.170 e. The van der Waals surface area contributed by atoms with Gasteiger partial charge in [-0.3, -0.25) is 0 Å². The van der Waals surface area contributed by atoms with Crippen LogP contribution < -0.4 is 5.73 Å². The Bertz CT molecular complexity index is 340. The number of nitrogens with two attached hydrogens (primary N) is 1. The van der Waals surface area contributed by atoms with Crippen LogP contribution in [0, 0.1) is 5.92 Å². The van der Waals surface area contributed by atoms with Gasteiger partial charge in [0.2, 0.25) is 0 Å². The van der Waals surface area contributed by atoms with Crippen LogP contribution in [0.2, 0.25) is 0 Å². The molecule has 0 bridgehead atoms. The van der Waals surface area contributed by atoms with E-state index in [0.717, 1.165) is 28.9 Å². The molecule has 0 amide bonds. The average molecular weight is 257 g/mol. The summed E-state index contributed by atoms with van der Waals surface area (Å²) in [6.07, 6.45) is 4.56. The molecule has 5 heteroatoms. The Hall–Kier alpha value is -0.130. The zero-order valence-electron chi connectivity index (χ0n) is 9.85. The van der Waals surface area contributed by atoms with Crippen LogP contribution in [0.5, 0.6) is 0 Å². The van der Waals surface area contributed by atoms with Crippen molar-refractivity contribution in [2.24, 2.45) is 11.7 Å². The van der Waals surface area contributed by atoms with Crippen LogP contribution in [-0.4, -0.2) is 20.6 Å². The number of hydrogen-bond donors (Lipinski definition) is 1. The summed E-state index contributed by atoms with van der Waals surface area (Å²) in [6, 6.07) is 0.329. The smallest absolute Gasteiger partial charge is 0.170 e. The second-order valence-electron chi connectivity index (χ2n) is 4.57. The third-order valence-electron chi connectivity index (χ3n) is 3.12. The summed E-state index contributed by atoms with van der Waals surface area (Å²) in [5.74, 6) is 1.76. The van der Waals surface area contributed by atoms with Gasteiger partial charge in [-0.15, -0.1) is 0 Å². The van der Waals surface area contributed by atoms with Crippen molar-refractivity contribution in [3.05, 3.63) is 5.82 Å². The van der Waals surface area contributed by atoms with Crippen molar-refractivity contribution >= 4 is 23.3 Å². The normalized spacial score (nSPS) is 30.6. The second kappa shape index (κ2) is 5.47. The monoisotopic (exact) mass is 257 g/mol. The Kier molecular flexibility index (Phi) is 4.21. The van der Waals surface area contributed by atoms with E-state index in [4.69, 9.17) is 5.73 Å². The van der Waals surface area contributed by atoms with Gasteiger partial charge in [0.05, 0.1) is 0 Å².